The molecular weight excluding hydrogens is 270 g/mol. The fourth-order valence-electron chi connectivity index (χ4n) is 2.36. The zero-order valence-electron chi connectivity index (χ0n) is 11.4. The first-order valence-corrected chi connectivity index (χ1v) is 6.76. The van der Waals surface area contributed by atoms with E-state index in [-0.39, 0.29) is 0 Å². The lowest BCUT2D eigenvalue weighted by atomic mass is 10.2. The van der Waals surface area contributed by atoms with Crippen molar-refractivity contribution >= 4 is 23.4 Å². The van der Waals surface area contributed by atoms with Crippen LogP contribution in [0.25, 0.3) is 16.9 Å². The third-order valence-corrected chi connectivity index (χ3v) is 3.60. The number of ether oxygens (including phenoxy) is 1. The third-order valence-electron chi connectivity index (χ3n) is 3.32. The van der Waals surface area contributed by atoms with E-state index in [2.05, 4.69) is 9.97 Å². The van der Waals surface area contributed by atoms with Crippen LogP contribution in [0.5, 0.6) is 0 Å². The molecule has 0 spiro atoms. The Balaban J connectivity index is 2.33. The van der Waals surface area contributed by atoms with Crippen molar-refractivity contribution in [3.8, 4) is 5.69 Å². The van der Waals surface area contributed by atoms with Gasteiger partial charge in [-0.15, -0.1) is 0 Å². The maximum Gasteiger partial charge on any atom is 0.184 e. The van der Waals surface area contributed by atoms with Crippen LogP contribution < -0.4 is 0 Å². The van der Waals surface area contributed by atoms with E-state index in [1.54, 1.807) is 13.3 Å². The van der Waals surface area contributed by atoms with Crippen LogP contribution in [0.2, 0.25) is 0 Å². The molecule has 1 N–H and O–H groups in total. The highest BCUT2D eigenvalue weighted by Crippen LogP contribution is 2.23. The van der Waals surface area contributed by atoms with E-state index in [1.807, 2.05) is 41.8 Å². The van der Waals surface area contributed by atoms with E-state index < -0.39 is 0 Å². The van der Waals surface area contributed by atoms with Crippen LogP contribution in [0.15, 0.2) is 36.5 Å². The molecule has 2 heterocycles. The lowest BCUT2D eigenvalue weighted by Crippen LogP contribution is -2.01. The van der Waals surface area contributed by atoms with Gasteiger partial charge in [-0.05, 0) is 36.8 Å². The molecule has 0 aliphatic heterocycles. The van der Waals surface area contributed by atoms with Crippen molar-refractivity contribution in [2.24, 2.45) is 0 Å². The number of hydrogen-bond donors (Lipinski definition) is 1. The fourth-order valence-corrected chi connectivity index (χ4v) is 2.64. The van der Waals surface area contributed by atoms with E-state index in [4.69, 9.17) is 17.0 Å². The number of imidazole rings is 1. The number of nitrogens with zero attached hydrogens (tertiary/aromatic N) is 2. The smallest absolute Gasteiger partial charge is 0.184 e. The molecule has 0 amide bonds. The topological polar surface area (TPSA) is 42.8 Å². The number of methoxy groups -OCH3 is 1. The van der Waals surface area contributed by atoms with Crippen molar-refractivity contribution < 1.29 is 4.74 Å². The Hall–Kier alpha value is -1.98. The molecule has 0 unspecified atom stereocenters. The Morgan fingerprint density at radius 3 is 2.90 bits per heavy atom. The number of pyridine rings is 1. The largest absolute Gasteiger partial charge is 0.380 e. The summed E-state index contributed by atoms with van der Waals surface area (Å²) in [5.74, 6) is 0. The summed E-state index contributed by atoms with van der Waals surface area (Å²) in [7, 11) is 1.69. The molecule has 0 radical (unpaired) electrons. The number of aromatic nitrogens is 3. The van der Waals surface area contributed by atoms with Gasteiger partial charge in [0.05, 0.1) is 17.8 Å². The average Bonchev–Trinajstić information content (AvgIpc) is 2.78. The summed E-state index contributed by atoms with van der Waals surface area (Å²) in [4.78, 5) is 7.70. The van der Waals surface area contributed by atoms with Gasteiger partial charge in [0.2, 0.25) is 0 Å². The molecule has 1 aromatic carbocycles. The Morgan fingerprint density at radius 1 is 1.30 bits per heavy atom. The minimum Gasteiger partial charge on any atom is -0.380 e. The molecule has 0 aliphatic carbocycles. The zero-order valence-corrected chi connectivity index (χ0v) is 12.2. The molecule has 20 heavy (non-hydrogen) atoms. The molecule has 102 valence electrons. The van der Waals surface area contributed by atoms with Gasteiger partial charge in [-0.25, -0.2) is 4.98 Å². The number of aromatic amines is 1. The third kappa shape index (κ3) is 2.05. The van der Waals surface area contributed by atoms with Crippen LogP contribution in [0, 0.1) is 11.7 Å². The van der Waals surface area contributed by atoms with Crippen molar-refractivity contribution in [1.82, 2.24) is 14.5 Å². The van der Waals surface area contributed by atoms with Crippen molar-refractivity contribution in [3.05, 3.63) is 52.4 Å². The Bertz CT molecular complexity index is 819. The highest BCUT2D eigenvalue weighted by atomic mass is 32.1. The first-order valence-electron chi connectivity index (χ1n) is 6.36. The van der Waals surface area contributed by atoms with Crippen LogP contribution in [0.3, 0.4) is 0 Å². The molecule has 0 fully saturated rings. The lowest BCUT2D eigenvalue weighted by molar-refractivity contribution is 0.185. The SMILES string of the molecule is COCc1ccccc1-n1c(=S)[nH]c2c(C)ccnc21. The van der Waals surface area contributed by atoms with Crippen LogP contribution in [-0.4, -0.2) is 21.6 Å². The monoisotopic (exact) mass is 285 g/mol. The van der Waals surface area contributed by atoms with Gasteiger partial charge in [0.15, 0.2) is 10.4 Å². The van der Waals surface area contributed by atoms with E-state index in [9.17, 15) is 0 Å². The number of benzene rings is 1. The van der Waals surface area contributed by atoms with Crippen LogP contribution in [0.1, 0.15) is 11.1 Å². The van der Waals surface area contributed by atoms with Gasteiger partial charge in [0.25, 0.3) is 0 Å². The minimum absolute atomic E-state index is 0.538. The Labute approximate surface area is 122 Å². The van der Waals surface area contributed by atoms with Crippen molar-refractivity contribution in [2.75, 3.05) is 7.11 Å². The van der Waals surface area contributed by atoms with Crippen molar-refractivity contribution in [2.45, 2.75) is 13.5 Å². The number of para-hydroxylation sites is 1. The Morgan fingerprint density at radius 2 is 2.10 bits per heavy atom. The summed E-state index contributed by atoms with van der Waals surface area (Å²) < 4.78 is 7.87. The lowest BCUT2D eigenvalue weighted by Gasteiger charge is -2.10. The molecule has 0 saturated carbocycles. The standard InChI is InChI=1S/C15H15N3OS/c1-10-7-8-16-14-13(10)17-15(20)18(14)12-6-4-3-5-11(12)9-19-2/h3-8H,9H2,1-2H3,(H,17,20). The van der Waals surface area contributed by atoms with Crippen molar-refractivity contribution in [3.63, 3.8) is 0 Å². The summed E-state index contributed by atoms with van der Waals surface area (Å²) in [6.45, 7) is 2.58. The molecule has 2 aromatic heterocycles. The molecule has 0 aliphatic rings. The van der Waals surface area contributed by atoms with Gasteiger partial charge in [0.1, 0.15) is 0 Å². The van der Waals surface area contributed by atoms with Gasteiger partial charge in [0, 0.05) is 18.9 Å². The van der Waals surface area contributed by atoms with E-state index in [1.165, 1.54) is 0 Å². The van der Waals surface area contributed by atoms with E-state index >= 15 is 0 Å². The number of rotatable bonds is 3. The van der Waals surface area contributed by atoms with Crippen LogP contribution in [0.4, 0.5) is 0 Å². The molecule has 3 aromatic rings. The number of H-pyrrole nitrogens is 1. The predicted octanol–water partition coefficient (Wildman–Crippen LogP) is 3.54. The Kier molecular flexibility index (Phi) is 3.38. The summed E-state index contributed by atoms with van der Waals surface area (Å²) in [6.07, 6.45) is 1.80. The maximum atomic E-state index is 5.46. The average molecular weight is 285 g/mol. The molecule has 0 bridgehead atoms. The number of hydrogen-bond acceptors (Lipinski definition) is 3. The number of aryl methyl sites for hydroxylation is 1. The van der Waals surface area contributed by atoms with E-state index in [0.29, 0.717) is 11.4 Å². The maximum absolute atomic E-state index is 5.46. The van der Waals surface area contributed by atoms with Gasteiger partial charge in [-0.3, -0.25) is 4.57 Å². The highest BCUT2D eigenvalue weighted by molar-refractivity contribution is 7.71. The van der Waals surface area contributed by atoms with Crippen molar-refractivity contribution in [1.29, 1.82) is 0 Å². The normalized spacial score (nSPS) is 11.1. The number of nitrogens with one attached hydrogen (secondary N) is 1. The second-order valence-corrected chi connectivity index (χ2v) is 5.04. The number of fused-ring (bicyclic) bond motifs is 1. The zero-order chi connectivity index (χ0) is 14.1. The second kappa shape index (κ2) is 5.19. The second-order valence-electron chi connectivity index (χ2n) is 4.65. The molecule has 3 rings (SSSR count). The summed E-state index contributed by atoms with van der Waals surface area (Å²) in [6, 6.07) is 10.0. The van der Waals surface area contributed by atoms with E-state index in [0.717, 1.165) is 28.0 Å². The predicted molar refractivity (Wildman–Crippen MR) is 81.7 cm³/mol. The van der Waals surface area contributed by atoms with Gasteiger partial charge < -0.3 is 9.72 Å². The van der Waals surface area contributed by atoms with Gasteiger partial charge >= 0.3 is 0 Å². The first kappa shape index (κ1) is 13.0. The first-order chi connectivity index (χ1) is 9.72. The molecule has 5 heteroatoms. The molecule has 0 atom stereocenters. The molecule has 0 saturated heterocycles. The highest BCUT2D eigenvalue weighted by Gasteiger charge is 2.12. The summed E-state index contributed by atoms with van der Waals surface area (Å²) in [5.41, 5.74) is 5.03. The van der Waals surface area contributed by atoms with Crippen LogP contribution >= 0.6 is 12.2 Å². The van der Waals surface area contributed by atoms with Crippen LogP contribution in [-0.2, 0) is 11.3 Å². The summed E-state index contributed by atoms with van der Waals surface area (Å²) in [5, 5.41) is 0. The fraction of sp³-hybridized carbons (Fsp3) is 0.200. The molecule has 4 nitrogen and oxygen atoms in total. The van der Waals surface area contributed by atoms with Gasteiger partial charge in [-0.2, -0.15) is 0 Å². The summed E-state index contributed by atoms with van der Waals surface area (Å²) >= 11 is 5.46. The molecular formula is C15H15N3OS. The van der Waals surface area contributed by atoms with Gasteiger partial charge in [-0.1, -0.05) is 18.2 Å². The minimum atomic E-state index is 0.538. The quantitative estimate of drug-likeness (QED) is 0.748.